The van der Waals surface area contributed by atoms with Crippen LogP contribution in [0.15, 0.2) is 78.9 Å². The van der Waals surface area contributed by atoms with Crippen LogP contribution >= 0.6 is 0 Å². The Morgan fingerprint density at radius 1 is 1.03 bits per heavy atom. The summed E-state index contributed by atoms with van der Waals surface area (Å²) in [7, 11) is 1.82. The molecule has 7 nitrogen and oxygen atoms in total. The van der Waals surface area contributed by atoms with Gasteiger partial charge in [0, 0.05) is 32.5 Å². The standard InChI is InChI=1S/C29H30N4O3/c1-3-36-26-16-10-9-15-25(26)32-19-22(17-27(32)34)29-30-23-13-7-8-14-24(23)33(29)20-28(35)31(2)18-21-11-5-4-6-12-21/h4-16,22H,3,17-20H2,1-2H3. The third-order valence-electron chi connectivity index (χ3n) is 6.61. The van der Waals surface area contributed by atoms with E-state index in [0.29, 0.717) is 31.9 Å². The summed E-state index contributed by atoms with van der Waals surface area (Å²) in [4.78, 5) is 34.8. The van der Waals surface area contributed by atoms with Crippen molar-refractivity contribution in [3.8, 4) is 5.75 Å². The van der Waals surface area contributed by atoms with Gasteiger partial charge < -0.3 is 19.1 Å². The van der Waals surface area contributed by atoms with Crippen molar-refractivity contribution in [2.75, 3.05) is 25.1 Å². The Balaban J connectivity index is 1.42. The van der Waals surface area contributed by atoms with Crippen LogP contribution in [0.5, 0.6) is 5.75 Å². The number of fused-ring (bicyclic) bond motifs is 1. The third kappa shape index (κ3) is 4.69. The van der Waals surface area contributed by atoms with Gasteiger partial charge in [-0.15, -0.1) is 0 Å². The molecule has 1 aromatic heterocycles. The SMILES string of the molecule is CCOc1ccccc1N1CC(c2nc3ccccc3n2CC(=O)N(C)Cc2ccccc2)CC1=O. The summed E-state index contributed by atoms with van der Waals surface area (Å²) in [5.74, 6) is 1.35. The fraction of sp³-hybridized carbons (Fsp3) is 0.276. The quantitative estimate of drug-likeness (QED) is 0.368. The van der Waals surface area contributed by atoms with Gasteiger partial charge in [-0.1, -0.05) is 54.6 Å². The van der Waals surface area contributed by atoms with Crippen LogP contribution in [0.2, 0.25) is 0 Å². The van der Waals surface area contributed by atoms with E-state index >= 15 is 0 Å². The molecule has 7 heteroatoms. The number of imidazole rings is 1. The molecule has 2 heterocycles. The van der Waals surface area contributed by atoms with E-state index in [4.69, 9.17) is 9.72 Å². The van der Waals surface area contributed by atoms with E-state index < -0.39 is 0 Å². The van der Waals surface area contributed by atoms with Gasteiger partial charge in [-0.3, -0.25) is 9.59 Å². The van der Waals surface area contributed by atoms with Crippen molar-refractivity contribution >= 4 is 28.5 Å². The first-order chi connectivity index (χ1) is 17.5. The average Bonchev–Trinajstić information content (AvgIpc) is 3.45. The summed E-state index contributed by atoms with van der Waals surface area (Å²) < 4.78 is 7.75. The molecule has 4 aromatic rings. The monoisotopic (exact) mass is 482 g/mol. The second-order valence-corrected chi connectivity index (χ2v) is 9.09. The van der Waals surface area contributed by atoms with Gasteiger partial charge in [0.25, 0.3) is 0 Å². The molecule has 0 saturated carbocycles. The molecule has 184 valence electrons. The fourth-order valence-corrected chi connectivity index (χ4v) is 4.84. The first-order valence-electron chi connectivity index (χ1n) is 12.3. The molecule has 3 aromatic carbocycles. The zero-order valence-corrected chi connectivity index (χ0v) is 20.6. The number of hydrogen-bond acceptors (Lipinski definition) is 4. The molecule has 36 heavy (non-hydrogen) atoms. The number of carbonyl (C=O) groups excluding carboxylic acids is 2. The van der Waals surface area contributed by atoms with E-state index in [1.807, 2.05) is 97.4 Å². The smallest absolute Gasteiger partial charge is 0.242 e. The minimum atomic E-state index is -0.133. The van der Waals surface area contributed by atoms with Gasteiger partial charge in [-0.2, -0.15) is 0 Å². The molecule has 5 rings (SSSR count). The number of rotatable bonds is 8. The summed E-state index contributed by atoms with van der Waals surface area (Å²) in [5, 5.41) is 0. The van der Waals surface area contributed by atoms with Gasteiger partial charge in [-0.05, 0) is 36.8 Å². The van der Waals surface area contributed by atoms with E-state index in [0.717, 1.165) is 28.1 Å². The molecule has 1 atom stereocenters. The molecule has 1 aliphatic rings. The molecule has 1 saturated heterocycles. The molecule has 2 amide bonds. The zero-order valence-electron chi connectivity index (χ0n) is 20.6. The first kappa shape index (κ1) is 23.6. The average molecular weight is 483 g/mol. The summed E-state index contributed by atoms with van der Waals surface area (Å²) in [6.07, 6.45) is 0.331. The number of carbonyl (C=O) groups is 2. The number of ether oxygens (including phenoxy) is 1. The summed E-state index contributed by atoms with van der Waals surface area (Å²) in [6.45, 7) is 3.64. The number of likely N-dealkylation sites (N-methyl/N-ethyl adjacent to an activating group) is 1. The van der Waals surface area contributed by atoms with E-state index in [-0.39, 0.29) is 24.3 Å². The molecular formula is C29H30N4O3. The van der Waals surface area contributed by atoms with Crippen molar-refractivity contribution in [3.63, 3.8) is 0 Å². The Kier molecular flexibility index (Phi) is 6.71. The summed E-state index contributed by atoms with van der Waals surface area (Å²) >= 11 is 0. The van der Waals surface area contributed by atoms with Crippen LogP contribution in [-0.4, -0.2) is 46.5 Å². The van der Waals surface area contributed by atoms with Crippen LogP contribution in [0.1, 0.15) is 30.7 Å². The lowest BCUT2D eigenvalue weighted by molar-refractivity contribution is -0.131. The Labute approximate surface area is 210 Å². The maximum Gasteiger partial charge on any atom is 0.242 e. The Hall–Kier alpha value is -4.13. The molecule has 1 fully saturated rings. The molecular weight excluding hydrogens is 452 g/mol. The molecule has 0 radical (unpaired) electrons. The van der Waals surface area contributed by atoms with E-state index in [2.05, 4.69) is 0 Å². The number of aromatic nitrogens is 2. The van der Waals surface area contributed by atoms with Crippen molar-refractivity contribution in [3.05, 3.63) is 90.3 Å². The van der Waals surface area contributed by atoms with Gasteiger partial charge in [0.05, 0.1) is 23.3 Å². The van der Waals surface area contributed by atoms with Crippen molar-refractivity contribution in [2.24, 2.45) is 0 Å². The lowest BCUT2D eigenvalue weighted by atomic mass is 10.1. The number of benzene rings is 3. The number of amides is 2. The highest BCUT2D eigenvalue weighted by Crippen LogP contribution is 2.37. The van der Waals surface area contributed by atoms with E-state index in [9.17, 15) is 9.59 Å². The van der Waals surface area contributed by atoms with Crippen molar-refractivity contribution in [1.29, 1.82) is 0 Å². The lowest BCUT2D eigenvalue weighted by Gasteiger charge is -2.21. The van der Waals surface area contributed by atoms with Gasteiger partial charge in [0.2, 0.25) is 11.8 Å². The molecule has 0 aliphatic carbocycles. The van der Waals surface area contributed by atoms with Crippen LogP contribution in [0.25, 0.3) is 11.0 Å². The van der Waals surface area contributed by atoms with Gasteiger partial charge in [0.1, 0.15) is 18.1 Å². The molecule has 0 spiro atoms. The third-order valence-corrected chi connectivity index (χ3v) is 6.61. The lowest BCUT2D eigenvalue weighted by Crippen LogP contribution is -2.30. The maximum absolute atomic E-state index is 13.3. The topological polar surface area (TPSA) is 67.7 Å². The second kappa shape index (κ2) is 10.2. The van der Waals surface area contributed by atoms with Crippen molar-refractivity contribution in [2.45, 2.75) is 32.4 Å². The van der Waals surface area contributed by atoms with Crippen molar-refractivity contribution in [1.82, 2.24) is 14.5 Å². The van der Waals surface area contributed by atoms with Crippen LogP contribution in [0, 0.1) is 0 Å². The van der Waals surface area contributed by atoms with Crippen LogP contribution < -0.4 is 9.64 Å². The predicted molar refractivity (Wildman–Crippen MR) is 140 cm³/mol. The van der Waals surface area contributed by atoms with Crippen LogP contribution in [0.3, 0.4) is 0 Å². The van der Waals surface area contributed by atoms with E-state index in [1.165, 1.54) is 0 Å². The van der Waals surface area contributed by atoms with Gasteiger partial charge in [0.15, 0.2) is 0 Å². The Morgan fingerprint density at radius 2 is 1.75 bits per heavy atom. The summed E-state index contributed by atoms with van der Waals surface area (Å²) in [6, 6.07) is 25.4. The highest BCUT2D eigenvalue weighted by Gasteiger charge is 2.36. The Bertz CT molecular complexity index is 1380. The second-order valence-electron chi connectivity index (χ2n) is 9.09. The maximum atomic E-state index is 13.3. The minimum absolute atomic E-state index is 0.00822. The zero-order chi connectivity index (χ0) is 25.1. The number of nitrogens with zero attached hydrogens (tertiary/aromatic N) is 4. The highest BCUT2D eigenvalue weighted by atomic mass is 16.5. The number of para-hydroxylation sites is 4. The first-order valence-corrected chi connectivity index (χ1v) is 12.3. The van der Waals surface area contributed by atoms with Gasteiger partial charge in [-0.25, -0.2) is 4.98 Å². The molecule has 0 N–H and O–H groups in total. The Morgan fingerprint density at radius 3 is 2.56 bits per heavy atom. The number of anilines is 1. The molecule has 1 unspecified atom stereocenters. The number of hydrogen-bond donors (Lipinski definition) is 0. The van der Waals surface area contributed by atoms with Crippen LogP contribution in [0.4, 0.5) is 5.69 Å². The van der Waals surface area contributed by atoms with E-state index in [1.54, 1.807) is 9.80 Å². The largest absolute Gasteiger partial charge is 0.492 e. The van der Waals surface area contributed by atoms with Crippen LogP contribution in [-0.2, 0) is 22.7 Å². The highest BCUT2D eigenvalue weighted by molar-refractivity contribution is 5.98. The fourth-order valence-electron chi connectivity index (χ4n) is 4.84. The molecule has 0 bridgehead atoms. The minimum Gasteiger partial charge on any atom is -0.492 e. The van der Waals surface area contributed by atoms with Crippen molar-refractivity contribution < 1.29 is 14.3 Å². The normalized spacial score (nSPS) is 15.4. The molecule has 1 aliphatic heterocycles. The summed E-state index contributed by atoms with van der Waals surface area (Å²) in [5.41, 5.74) is 3.57. The predicted octanol–water partition coefficient (Wildman–Crippen LogP) is 4.61. The van der Waals surface area contributed by atoms with Gasteiger partial charge >= 0.3 is 0 Å².